The van der Waals surface area contributed by atoms with Crippen LogP contribution in [-0.2, 0) is 16.0 Å². The zero-order valence-corrected chi connectivity index (χ0v) is 20.4. The van der Waals surface area contributed by atoms with Crippen molar-refractivity contribution in [2.24, 2.45) is 11.3 Å². The number of piperidine rings is 1. The summed E-state index contributed by atoms with van der Waals surface area (Å²) in [5.41, 5.74) is 1.71. The number of fused-ring (bicyclic) bond motifs is 1. The van der Waals surface area contributed by atoms with Crippen LogP contribution in [0.4, 0.5) is 8.78 Å². The maximum Gasteiger partial charge on any atom is 0.308 e. The van der Waals surface area contributed by atoms with E-state index in [0.717, 1.165) is 39.0 Å². The van der Waals surface area contributed by atoms with Crippen LogP contribution in [0.5, 0.6) is 0 Å². The number of likely N-dealkylation sites (tertiary alicyclic amines) is 2. The van der Waals surface area contributed by atoms with Crippen LogP contribution >= 0.6 is 21.0 Å². The second-order valence-corrected chi connectivity index (χ2v) is 12.5. The van der Waals surface area contributed by atoms with Gasteiger partial charge >= 0.3 is 5.00 Å². The molecule has 4 aliphatic rings. The number of amides is 1. The Bertz CT molecular complexity index is 839. The van der Waals surface area contributed by atoms with Gasteiger partial charge in [0.25, 0.3) is 0 Å². The highest BCUT2D eigenvalue weighted by Gasteiger charge is 2.53. The normalized spacial score (nSPS) is 29.7. The number of morpholine rings is 1. The second-order valence-electron chi connectivity index (χ2n) is 10.1. The van der Waals surface area contributed by atoms with Crippen LogP contribution in [0.25, 0.3) is 0 Å². The molecule has 5 rings (SSSR count). The van der Waals surface area contributed by atoms with Gasteiger partial charge in [0.05, 0.1) is 18.3 Å². The summed E-state index contributed by atoms with van der Waals surface area (Å²) in [7, 11) is 1.58. The molecule has 9 heteroatoms. The minimum atomic E-state index is -2.82. The zero-order chi connectivity index (χ0) is 22.5. The Kier molecular flexibility index (Phi) is 6.30. The third kappa shape index (κ3) is 5.00. The number of alkyl halides is 2. The number of ether oxygens (including phenoxy) is 1. The van der Waals surface area contributed by atoms with E-state index >= 15 is 0 Å². The van der Waals surface area contributed by atoms with Gasteiger partial charge in [-0.15, -0.1) is 0 Å². The third-order valence-electron chi connectivity index (χ3n) is 7.63. The van der Waals surface area contributed by atoms with Gasteiger partial charge in [-0.25, -0.2) is 0 Å². The quantitative estimate of drug-likeness (QED) is 0.497. The van der Waals surface area contributed by atoms with Gasteiger partial charge in [-0.05, 0) is 82.6 Å². The Balaban J connectivity index is 1.06. The number of nitrogens with zero attached hydrogens (tertiary/aromatic N) is 2. The van der Waals surface area contributed by atoms with Gasteiger partial charge in [0, 0.05) is 31.1 Å². The van der Waals surface area contributed by atoms with E-state index in [0.29, 0.717) is 34.2 Å². The van der Waals surface area contributed by atoms with E-state index in [4.69, 9.17) is 4.74 Å². The van der Waals surface area contributed by atoms with E-state index in [1.807, 2.05) is 24.3 Å². The Hall–Kier alpha value is -0.790. The lowest BCUT2D eigenvalue weighted by Gasteiger charge is -2.62. The summed E-state index contributed by atoms with van der Waals surface area (Å²) in [4.78, 5) is 14.5. The number of rotatable bonds is 6. The monoisotopic (exact) mass is 483 g/mol. The smallest absolute Gasteiger partial charge is 0.308 e. The van der Waals surface area contributed by atoms with Crippen molar-refractivity contribution in [1.29, 1.82) is 0 Å². The first-order valence-electron chi connectivity index (χ1n) is 11.5. The highest BCUT2D eigenvalue weighted by Crippen LogP contribution is 2.53. The third-order valence-corrected chi connectivity index (χ3v) is 8.77. The van der Waals surface area contributed by atoms with Crippen molar-refractivity contribution in [2.45, 2.75) is 60.8 Å². The minimum absolute atomic E-state index is 0.000125. The predicted molar refractivity (Wildman–Crippen MR) is 125 cm³/mol. The fourth-order valence-electron chi connectivity index (χ4n) is 6.13. The summed E-state index contributed by atoms with van der Waals surface area (Å²) < 4.78 is 31.9. The van der Waals surface area contributed by atoms with Crippen LogP contribution in [0.2, 0.25) is 0 Å². The van der Waals surface area contributed by atoms with Crippen molar-refractivity contribution in [3.63, 3.8) is 0 Å². The highest BCUT2D eigenvalue weighted by atomic mass is 32.2. The Morgan fingerprint density at radius 1 is 1.28 bits per heavy atom. The van der Waals surface area contributed by atoms with Gasteiger partial charge in [-0.2, -0.15) is 8.78 Å². The van der Waals surface area contributed by atoms with E-state index in [-0.39, 0.29) is 24.7 Å². The summed E-state index contributed by atoms with van der Waals surface area (Å²) >= 11 is 0.574. The average molecular weight is 484 g/mol. The average Bonchev–Trinajstić information content (AvgIpc) is 2.68. The molecule has 4 atom stereocenters. The molecule has 2 unspecified atom stereocenters. The Morgan fingerprint density at radius 2 is 2.00 bits per heavy atom. The lowest BCUT2D eigenvalue weighted by molar-refractivity contribution is -0.156. The van der Waals surface area contributed by atoms with Crippen molar-refractivity contribution in [2.75, 3.05) is 32.8 Å². The Labute approximate surface area is 195 Å². The summed E-state index contributed by atoms with van der Waals surface area (Å²) in [5.74, 6) is 0.694. The van der Waals surface area contributed by atoms with Crippen LogP contribution in [-0.4, -0.2) is 71.8 Å². The summed E-state index contributed by atoms with van der Waals surface area (Å²) in [6, 6.07) is 7.72. The molecule has 1 aliphatic carbocycles. The molecule has 3 saturated heterocycles. The van der Waals surface area contributed by atoms with Crippen molar-refractivity contribution in [3.8, 4) is 0 Å². The van der Waals surface area contributed by atoms with Crippen LogP contribution in [0.3, 0.4) is 0 Å². The first-order valence-corrected chi connectivity index (χ1v) is 12.9. The summed E-state index contributed by atoms with van der Waals surface area (Å²) in [5, 5.41) is 3.10. The Morgan fingerprint density at radius 3 is 2.69 bits per heavy atom. The van der Waals surface area contributed by atoms with Crippen molar-refractivity contribution in [1.82, 2.24) is 15.1 Å². The van der Waals surface area contributed by atoms with Gasteiger partial charge < -0.3 is 10.1 Å². The molecule has 1 aromatic rings. The number of thioether (sulfide) groups is 1. The molecule has 1 spiro atoms. The fourth-order valence-corrected chi connectivity index (χ4v) is 7.12. The number of halogens is 2. The molecule has 176 valence electrons. The number of hydrogen-bond acceptors (Lipinski definition) is 5. The second kappa shape index (κ2) is 8.77. The van der Waals surface area contributed by atoms with Crippen LogP contribution in [0.15, 0.2) is 29.2 Å². The standard InChI is InChI=1S/C23H32F2N3O2PS/c1-15(27-7-6-20-19(11-27)26-21(29)12-30-20)28-13-22(14-28)9-17(10-22)8-16-2-4-18(5-3-16)32-23(24,25)31/h2-5,15,17,19-20H,6-14,31H2,1H3,(H,26,29)/t15?,19-,20+/m1/s1. The minimum Gasteiger partial charge on any atom is -0.366 e. The van der Waals surface area contributed by atoms with Crippen LogP contribution in [0.1, 0.15) is 31.7 Å². The molecule has 5 nitrogen and oxygen atoms in total. The zero-order valence-electron chi connectivity index (χ0n) is 18.4. The molecule has 1 saturated carbocycles. The van der Waals surface area contributed by atoms with Crippen molar-refractivity contribution < 1.29 is 18.3 Å². The lowest BCUT2D eigenvalue weighted by atomic mass is 9.56. The number of hydrogen-bond donors (Lipinski definition) is 1. The summed E-state index contributed by atoms with van der Waals surface area (Å²) in [6.45, 7) is 6.66. The molecular formula is C23H32F2N3O2PS. The van der Waals surface area contributed by atoms with Gasteiger partial charge in [-0.3, -0.25) is 14.6 Å². The molecule has 0 radical (unpaired) electrons. The van der Waals surface area contributed by atoms with Gasteiger partial charge in [0.15, 0.2) is 0 Å². The topological polar surface area (TPSA) is 44.8 Å². The van der Waals surface area contributed by atoms with E-state index in [2.05, 4.69) is 22.0 Å². The van der Waals surface area contributed by atoms with Crippen molar-refractivity contribution >= 4 is 26.9 Å². The molecule has 4 fully saturated rings. The molecule has 1 aromatic carbocycles. The number of nitrogens with one attached hydrogen (secondary N) is 1. The summed E-state index contributed by atoms with van der Waals surface area (Å²) in [6.07, 6.45) is 5.07. The molecule has 3 heterocycles. The molecule has 1 amide bonds. The van der Waals surface area contributed by atoms with Crippen molar-refractivity contribution in [3.05, 3.63) is 29.8 Å². The molecule has 32 heavy (non-hydrogen) atoms. The molecule has 0 aromatic heterocycles. The molecule has 1 N–H and O–H groups in total. The van der Waals surface area contributed by atoms with Crippen LogP contribution in [0, 0.1) is 11.3 Å². The predicted octanol–water partition coefficient (Wildman–Crippen LogP) is 3.39. The number of carbonyl (C=O) groups is 1. The van der Waals surface area contributed by atoms with Gasteiger partial charge in [0.1, 0.15) is 6.61 Å². The highest BCUT2D eigenvalue weighted by molar-refractivity contribution is 8.03. The maximum atomic E-state index is 13.1. The van der Waals surface area contributed by atoms with E-state index in [9.17, 15) is 13.6 Å². The van der Waals surface area contributed by atoms with Gasteiger partial charge in [0.2, 0.25) is 5.91 Å². The van der Waals surface area contributed by atoms with Crippen LogP contribution < -0.4 is 5.32 Å². The van der Waals surface area contributed by atoms with E-state index in [1.54, 1.807) is 9.24 Å². The largest absolute Gasteiger partial charge is 0.366 e. The van der Waals surface area contributed by atoms with Gasteiger partial charge in [-0.1, -0.05) is 12.1 Å². The number of benzene rings is 1. The first kappa shape index (κ1) is 23.0. The first-order chi connectivity index (χ1) is 15.2. The SMILES string of the molecule is CC(N1CC[C@@H]2OCC(=O)N[C@@H]2C1)N1CC2(CC(Cc3ccc(SC(F)(F)P)cc3)C2)C1. The van der Waals surface area contributed by atoms with E-state index in [1.165, 1.54) is 18.4 Å². The molecule has 3 aliphatic heterocycles. The number of carbonyl (C=O) groups excluding carboxylic acids is 1. The lowest BCUT2D eigenvalue weighted by Crippen LogP contribution is -2.69. The molecular weight excluding hydrogens is 451 g/mol. The molecule has 0 bridgehead atoms. The fraction of sp³-hybridized carbons (Fsp3) is 0.696. The maximum absolute atomic E-state index is 13.1. The van der Waals surface area contributed by atoms with E-state index < -0.39 is 5.00 Å².